The summed E-state index contributed by atoms with van der Waals surface area (Å²) in [5.41, 5.74) is -0.588. The topological polar surface area (TPSA) is 96.0 Å². The van der Waals surface area contributed by atoms with Crippen molar-refractivity contribution in [2.45, 2.75) is 31.7 Å². The third kappa shape index (κ3) is 2.07. The second-order valence-electron chi connectivity index (χ2n) is 6.52. The van der Waals surface area contributed by atoms with E-state index in [1.54, 1.807) is 16.8 Å². The van der Waals surface area contributed by atoms with Crippen molar-refractivity contribution in [3.8, 4) is 0 Å². The number of carbonyl (C=O) groups excluding carboxylic acids is 2. The standard InChI is InChI=1S/C16H14BrClN4O3/c1-6(2)22-13-11(14(24)21-22)16(5-10(23)19-13)8-3-7(17)4-9(18)12(8)20-15(16)25/h3-4,6H,5H2,1-2H3,(H,19,23)(H,20,25)(H,21,24)/t16-/m1/s1. The van der Waals surface area contributed by atoms with Crippen LogP contribution in [0.3, 0.4) is 0 Å². The predicted octanol–water partition coefficient (Wildman–Crippen LogP) is 2.75. The van der Waals surface area contributed by atoms with E-state index in [9.17, 15) is 14.4 Å². The molecule has 1 aromatic carbocycles. The average Bonchev–Trinajstić information content (AvgIpc) is 2.97. The Kier molecular flexibility index (Phi) is 3.42. The van der Waals surface area contributed by atoms with Crippen LogP contribution in [0.1, 0.15) is 37.4 Å². The third-order valence-corrected chi connectivity index (χ3v) is 5.45. The number of nitrogens with zero attached hydrogens (tertiary/aromatic N) is 1. The summed E-state index contributed by atoms with van der Waals surface area (Å²) in [6, 6.07) is 3.29. The summed E-state index contributed by atoms with van der Waals surface area (Å²) in [5.74, 6) is -0.430. The summed E-state index contributed by atoms with van der Waals surface area (Å²) in [4.78, 5) is 38.1. The zero-order valence-corrected chi connectivity index (χ0v) is 15.7. The molecule has 2 aliphatic rings. The average molecular weight is 426 g/mol. The zero-order chi connectivity index (χ0) is 18.1. The Morgan fingerprint density at radius 3 is 2.64 bits per heavy atom. The van der Waals surface area contributed by atoms with Gasteiger partial charge in [-0.25, -0.2) is 0 Å². The van der Waals surface area contributed by atoms with E-state index in [2.05, 4.69) is 31.7 Å². The first-order valence-corrected chi connectivity index (χ1v) is 8.88. The Hall–Kier alpha value is -2.06. The molecule has 2 aliphatic heterocycles. The Balaban J connectivity index is 2.11. The van der Waals surface area contributed by atoms with E-state index >= 15 is 0 Å². The second-order valence-corrected chi connectivity index (χ2v) is 7.85. The van der Waals surface area contributed by atoms with Crippen molar-refractivity contribution in [2.75, 3.05) is 10.6 Å². The quantitative estimate of drug-likeness (QED) is 0.655. The molecular weight excluding hydrogens is 412 g/mol. The SMILES string of the molecule is CC(C)n1[nH]c(=O)c2c1NC(=O)C[C@]21C(=O)Nc2c(Cl)cc(Br)cc21. The number of amides is 2. The van der Waals surface area contributed by atoms with Crippen LogP contribution < -0.4 is 16.2 Å². The Morgan fingerprint density at radius 2 is 1.96 bits per heavy atom. The van der Waals surface area contributed by atoms with Crippen LogP contribution >= 0.6 is 27.5 Å². The maximum atomic E-state index is 13.0. The Labute approximate surface area is 155 Å². The molecule has 4 rings (SSSR count). The minimum Gasteiger partial charge on any atom is -0.323 e. The number of hydrogen-bond donors (Lipinski definition) is 3. The fourth-order valence-electron chi connectivity index (χ4n) is 3.66. The lowest BCUT2D eigenvalue weighted by atomic mass is 9.71. The predicted molar refractivity (Wildman–Crippen MR) is 97.2 cm³/mol. The molecule has 1 aromatic heterocycles. The van der Waals surface area contributed by atoms with Crippen molar-refractivity contribution in [1.82, 2.24) is 9.78 Å². The Morgan fingerprint density at radius 1 is 1.24 bits per heavy atom. The van der Waals surface area contributed by atoms with Gasteiger partial charge in [0, 0.05) is 10.5 Å². The zero-order valence-electron chi connectivity index (χ0n) is 13.4. The number of H-pyrrole nitrogens is 1. The number of rotatable bonds is 1. The van der Waals surface area contributed by atoms with E-state index in [1.807, 2.05) is 13.8 Å². The number of nitrogens with one attached hydrogen (secondary N) is 3. The highest BCUT2D eigenvalue weighted by Crippen LogP contribution is 2.51. The lowest BCUT2D eigenvalue weighted by molar-refractivity contribution is -0.125. The van der Waals surface area contributed by atoms with Gasteiger partial charge in [0.15, 0.2) is 0 Å². The highest BCUT2D eigenvalue weighted by atomic mass is 79.9. The van der Waals surface area contributed by atoms with Crippen LogP contribution in [0, 0.1) is 0 Å². The maximum Gasteiger partial charge on any atom is 0.270 e. The molecular formula is C16H14BrClN4O3. The van der Waals surface area contributed by atoms with Crippen LogP contribution in [0.5, 0.6) is 0 Å². The summed E-state index contributed by atoms with van der Waals surface area (Å²) in [5, 5.41) is 8.55. The van der Waals surface area contributed by atoms with Crippen LogP contribution in [0.2, 0.25) is 5.02 Å². The first kappa shape index (κ1) is 16.4. The van der Waals surface area contributed by atoms with Crippen molar-refractivity contribution in [3.63, 3.8) is 0 Å². The van der Waals surface area contributed by atoms with Gasteiger partial charge >= 0.3 is 0 Å². The first-order chi connectivity index (χ1) is 11.8. The molecule has 0 unspecified atom stereocenters. The van der Waals surface area contributed by atoms with Crippen molar-refractivity contribution < 1.29 is 9.59 Å². The minimum absolute atomic E-state index is 0.0954. The van der Waals surface area contributed by atoms with Crippen molar-refractivity contribution in [3.05, 3.63) is 43.1 Å². The molecule has 3 N–H and O–H groups in total. The molecule has 9 heteroatoms. The fourth-order valence-corrected chi connectivity index (χ4v) is 4.52. The van der Waals surface area contributed by atoms with E-state index in [-0.39, 0.29) is 23.9 Å². The van der Waals surface area contributed by atoms with E-state index in [0.717, 1.165) is 0 Å². The van der Waals surface area contributed by atoms with Gasteiger partial charge in [-0.05, 0) is 31.5 Å². The molecule has 0 radical (unpaired) electrons. The van der Waals surface area contributed by atoms with E-state index < -0.39 is 16.9 Å². The van der Waals surface area contributed by atoms with Gasteiger partial charge < -0.3 is 10.6 Å². The lowest BCUT2D eigenvalue weighted by Crippen LogP contribution is -2.46. The first-order valence-electron chi connectivity index (χ1n) is 7.71. The van der Waals surface area contributed by atoms with Gasteiger partial charge in [0.2, 0.25) is 11.8 Å². The summed E-state index contributed by atoms with van der Waals surface area (Å²) < 4.78 is 2.24. The molecule has 0 fully saturated rings. The summed E-state index contributed by atoms with van der Waals surface area (Å²) in [7, 11) is 0. The van der Waals surface area contributed by atoms with E-state index in [4.69, 9.17) is 11.6 Å². The van der Waals surface area contributed by atoms with Crippen LogP contribution in [0.25, 0.3) is 0 Å². The number of halogens is 2. The monoisotopic (exact) mass is 424 g/mol. The van der Waals surface area contributed by atoms with Crippen LogP contribution in [-0.2, 0) is 15.0 Å². The number of aromatic nitrogens is 2. The summed E-state index contributed by atoms with van der Waals surface area (Å²) >= 11 is 9.64. The van der Waals surface area contributed by atoms with Gasteiger partial charge in [-0.1, -0.05) is 27.5 Å². The molecule has 25 heavy (non-hydrogen) atoms. The largest absolute Gasteiger partial charge is 0.323 e. The maximum absolute atomic E-state index is 13.0. The van der Waals surface area contributed by atoms with Crippen molar-refractivity contribution >= 4 is 50.9 Å². The molecule has 1 spiro atoms. The summed E-state index contributed by atoms with van der Waals surface area (Å²) in [6.45, 7) is 3.75. The molecule has 1 atom stereocenters. The van der Waals surface area contributed by atoms with E-state index in [1.165, 1.54) is 0 Å². The van der Waals surface area contributed by atoms with Crippen molar-refractivity contribution in [1.29, 1.82) is 0 Å². The third-order valence-electron chi connectivity index (χ3n) is 4.69. The van der Waals surface area contributed by atoms with Gasteiger partial charge in [0.25, 0.3) is 5.56 Å². The molecule has 0 bridgehead atoms. The van der Waals surface area contributed by atoms with E-state index in [0.29, 0.717) is 26.6 Å². The van der Waals surface area contributed by atoms with Crippen LogP contribution in [-0.4, -0.2) is 21.6 Å². The molecule has 2 amide bonds. The molecule has 2 aromatic rings. The van der Waals surface area contributed by atoms with Gasteiger partial charge in [-0.2, -0.15) is 0 Å². The molecule has 0 saturated heterocycles. The number of fused-ring (bicyclic) bond motifs is 4. The highest BCUT2D eigenvalue weighted by molar-refractivity contribution is 9.10. The molecule has 3 heterocycles. The summed E-state index contributed by atoms with van der Waals surface area (Å²) in [6.07, 6.45) is -0.156. The molecule has 7 nitrogen and oxygen atoms in total. The number of hydrogen-bond acceptors (Lipinski definition) is 3. The number of carbonyl (C=O) groups is 2. The normalized spacial score (nSPS) is 21.3. The van der Waals surface area contributed by atoms with Gasteiger partial charge in [0.1, 0.15) is 11.2 Å². The van der Waals surface area contributed by atoms with Crippen molar-refractivity contribution in [2.24, 2.45) is 0 Å². The molecule has 0 saturated carbocycles. The highest BCUT2D eigenvalue weighted by Gasteiger charge is 2.56. The fraction of sp³-hybridized carbons (Fsp3) is 0.312. The van der Waals surface area contributed by atoms with Crippen LogP contribution in [0.4, 0.5) is 11.5 Å². The smallest absolute Gasteiger partial charge is 0.270 e. The molecule has 0 aliphatic carbocycles. The number of benzene rings is 1. The lowest BCUT2D eigenvalue weighted by Gasteiger charge is -2.31. The van der Waals surface area contributed by atoms with Gasteiger partial charge in [0.05, 0.1) is 22.7 Å². The number of anilines is 2. The number of aromatic amines is 1. The Bertz CT molecular complexity index is 1010. The second kappa shape index (κ2) is 5.22. The minimum atomic E-state index is -1.39. The van der Waals surface area contributed by atoms with Crippen LogP contribution in [0.15, 0.2) is 21.4 Å². The molecule has 130 valence electrons. The van der Waals surface area contributed by atoms with Gasteiger partial charge in [-0.15, -0.1) is 0 Å². The van der Waals surface area contributed by atoms with Gasteiger partial charge in [-0.3, -0.25) is 24.2 Å².